The lowest BCUT2D eigenvalue weighted by Gasteiger charge is -2.23. The molecule has 2 rings (SSSR count). The van der Waals surface area contributed by atoms with E-state index in [0.29, 0.717) is 12.3 Å². The Morgan fingerprint density at radius 3 is 2.94 bits per heavy atom. The molecular formula is C13H17NO4. The predicted molar refractivity (Wildman–Crippen MR) is 65.4 cm³/mol. The van der Waals surface area contributed by atoms with Crippen LogP contribution in [0.15, 0.2) is 24.3 Å². The molecule has 0 bridgehead atoms. The van der Waals surface area contributed by atoms with E-state index in [9.17, 15) is 9.90 Å². The highest BCUT2D eigenvalue weighted by atomic mass is 16.5. The molecule has 0 spiro atoms. The van der Waals surface area contributed by atoms with Crippen molar-refractivity contribution in [2.75, 3.05) is 19.8 Å². The molecule has 0 radical (unpaired) electrons. The number of aromatic hydroxyl groups is 1. The molecule has 1 aliphatic heterocycles. The molecule has 0 unspecified atom stereocenters. The molecule has 1 atom stereocenters. The standard InChI is InChI=1S/C13H17NO4/c15-8-10-4-3-7-14(10)13(17)9-18-12-6-2-1-5-11(12)16/h1-2,5-6,10,15-16H,3-4,7-9H2/t10-/m1/s1. The zero-order valence-corrected chi connectivity index (χ0v) is 10.1. The highest BCUT2D eigenvalue weighted by molar-refractivity contribution is 5.78. The van der Waals surface area contributed by atoms with Gasteiger partial charge in [0.1, 0.15) is 0 Å². The third kappa shape index (κ3) is 2.73. The molecule has 1 aromatic carbocycles. The number of carbonyl (C=O) groups excluding carboxylic acids is 1. The number of likely N-dealkylation sites (tertiary alicyclic amines) is 1. The van der Waals surface area contributed by atoms with Gasteiger partial charge in [-0.1, -0.05) is 12.1 Å². The summed E-state index contributed by atoms with van der Waals surface area (Å²) in [7, 11) is 0. The van der Waals surface area contributed by atoms with Gasteiger partial charge < -0.3 is 19.8 Å². The summed E-state index contributed by atoms with van der Waals surface area (Å²) >= 11 is 0. The van der Waals surface area contributed by atoms with Crippen LogP contribution in [0.1, 0.15) is 12.8 Å². The molecule has 0 saturated carbocycles. The van der Waals surface area contributed by atoms with Crippen molar-refractivity contribution in [3.05, 3.63) is 24.3 Å². The topological polar surface area (TPSA) is 70.0 Å². The number of carbonyl (C=O) groups is 1. The zero-order valence-electron chi connectivity index (χ0n) is 10.1. The number of amides is 1. The van der Waals surface area contributed by atoms with Gasteiger partial charge in [-0.3, -0.25) is 4.79 Å². The lowest BCUT2D eigenvalue weighted by molar-refractivity contribution is -0.134. The molecule has 0 aliphatic carbocycles. The third-order valence-corrected chi connectivity index (χ3v) is 3.12. The van der Waals surface area contributed by atoms with Crippen molar-refractivity contribution in [3.63, 3.8) is 0 Å². The first-order valence-corrected chi connectivity index (χ1v) is 6.03. The minimum atomic E-state index is -0.158. The number of benzene rings is 1. The Labute approximate surface area is 106 Å². The van der Waals surface area contributed by atoms with Crippen molar-refractivity contribution >= 4 is 5.91 Å². The summed E-state index contributed by atoms with van der Waals surface area (Å²) in [5, 5.41) is 18.6. The van der Waals surface area contributed by atoms with Gasteiger partial charge in [0.15, 0.2) is 18.1 Å². The minimum Gasteiger partial charge on any atom is -0.504 e. The first-order chi connectivity index (χ1) is 8.72. The van der Waals surface area contributed by atoms with E-state index < -0.39 is 0 Å². The maximum absolute atomic E-state index is 11.9. The Hall–Kier alpha value is -1.75. The third-order valence-electron chi connectivity index (χ3n) is 3.12. The summed E-state index contributed by atoms with van der Waals surface area (Å²) in [4.78, 5) is 13.5. The van der Waals surface area contributed by atoms with Gasteiger partial charge in [-0.05, 0) is 25.0 Å². The Kier molecular flexibility index (Phi) is 4.04. The second kappa shape index (κ2) is 5.73. The number of aliphatic hydroxyl groups excluding tert-OH is 1. The molecule has 1 aliphatic rings. The molecule has 1 aromatic rings. The van der Waals surface area contributed by atoms with Crippen molar-refractivity contribution in [1.82, 2.24) is 4.90 Å². The van der Waals surface area contributed by atoms with E-state index in [0.717, 1.165) is 12.8 Å². The van der Waals surface area contributed by atoms with Crippen LogP contribution in [0.25, 0.3) is 0 Å². The van der Waals surface area contributed by atoms with Gasteiger partial charge in [0, 0.05) is 6.54 Å². The molecule has 1 heterocycles. The Balaban J connectivity index is 1.90. The number of rotatable bonds is 4. The van der Waals surface area contributed by atoms with Gasteiger partial charge in [-0.2, -0.15) is 0 Å². The van der Waals surface area contributed by atoms with Crippen LogP contribution in [0.4, 0.5) is 0 Å². The molecule has 1 saturated heterocycles. The summed E-state index contributed by atoms with van der Waals surface area (Å²) in [6, 6.07) is 6.44. The first kappa shape index (κ1) is 12.7. The van der Waals surface area contributed by atoms with Crippen molar-refractivity contribution in [2.45, 2.75) is 18.9 Å². The highest BCUT2D eigenvalue weighted by Crippen LogP contribution is 2.24. The average Bonchev–Trinajstić information content (AvgIpc) is 2.86. The van der Waals surface area contributed by atoms with E-state index in [1.165, 1.54) is 6.07 Å². The van der Waals surface area contributed by atoms with E-state index in [-0.39, 0.29) is 30.9 Å². The fourth-order valence-electron chi connectivity index (χ4n) is 2.16. The average molecular weight is 251 g/mol. The largest absolute Gasteiger partial charge is 0.504 e. The molecule has 0 aromatic heterocycles. The van der Waals surface area contributed by atoms with Gasteiger partial charge >= 0.3 is 0 Å². The Bertz CT molecular complexity index is 421. The molecule has 98 valence electrons. The smallest absolute Gasteiger partial charge is 0.260 e. The van der Waals surface area contributed by atoms with Gasteiger partial charge in [0.25, 0.3) is 5.91 Å². The molecule has 1 fully saturated rings. The number of hydrogen-bond donors (Lipinski definition) is 2. The van der Waals surface area contributed by atoms with E-state index in [4.69, 9.17) is 9.84 Å². The van der Waals surface area contributed by atoms with E-state index in [2.05, 4.69) is 0 Å². The number of phenolic OH excluding ortho intramolecular Hbond substituents is 1. The van der Waals surface area contributed by atoms with Crippen molar-refractivity contribution in [2.24, 2.45) is 0 Å². The van der Waals surface area contributed by atoms with Gasteiger partial charge in [-0.25, -0.2) is 0 Å². The fourth-order valence-corrected chi connectivity index (χ4v) is 2.16. The maximum Gasteiger partial charge on any atom is 0.260 e. The number of hydrogen-bond acceptors (Lipinski definition) is 4. The molecule has 2 N–H and O–H groups in total. The van der Waals surface area contributed by atoms with Crippen LogP contribution in [0, 0.1) is 0 Å². The molecule has 5 nitrogen and oxygen atoms in total. The number of aliphatic hydroxyl groups is 1. The second-order valence-corrected chi connectivity index (χ2v) is 4.32. The van der Waals surface area contributed by atoms with E-state index in [1.54, 1.807) is 23.1 Å². The summed E-state index contributed by atoms with van der Waals surface area (Å²) in [6.07, 6.45) is 1.74. The highest BCUT2D eigenvalue weighted by Gasteiger charge is 2.28. The number of ether oxygens (including phenoxy) is 1. The summed E-state index contributed by atoms with van der Waals surface area (Å²) in [5.41, 5.74) is 0. The molecule has 1 amide bonds. The van der Waals surface area contributed by atoms with Crippen LogP contribution in [-0.4, -0.2) is 46.8 Å². The number of para-hydroxylation sites is 2. The lowest BCUT2D eigenvalue weighted by Crippen LogP contribution is -2.40. The van der Waals surface area contributed by atoms with Crippen molar-refractivity contribution in [1.29, 1.82) is 0 Å². The SMILES string of the molecule is O=C(COc1ccccc1O)N1CCC[C@@H]1CO. The van der Waals surface area contributed by atoms with Gasteiger partial charge in [-0.15, -0.1) is 0 Å². The fraction of sp³-hybridized carbons (Fsp3) is 0.462. The maximum atomic E-state index is 11.9. The molecule has 5 heteroatoms. The quantitative estimate of drug-likeness (QED) is 0.828. The van der Waals surface area contributed by atoms with Crippen LogP contribution >= 0.6 is 0 Å². The monoisotopic (exact) mass is 251 g/mol. The first-order valence-electron chi connectivity index (χ1n) is 6.03. The Morgan fingerprint density at radius 2 is 2.22 bits per heavy atom. The lowest BCUT2D eigenvalue weighted by atomic mass is 10.2. The van der Waals surface area contributed by atoms with E-state index >= 15 is 0 Å². The molecular weight excluding hydrogens is 234 g/mol. The number of phenols is 1. The second-order valence-electron chi connectivity index (χ2n) is 4.32. The van der Waals surface area contributed by atoms with Crippen LogP contribution in [0.2, 0.25) is 0 Å². The van der Waals surface area contributed by atoms with Gasteiger partial charge in [0.05, 0.1) is 12.6 Å². The Morgan fingerprint density at radius 1 is 1.44 bits per heavy atom. The van der Waals surface area contributed by atoms with Crippen LogP contribution in [-0.2, 0) is 4.79 Å². The van der Waals surface area contributed by atoms with Crippen molar-refractivity contribution in [3.8, 4) is 11.5 Å². The number of nitrogens with zero attached hydrogens (tertiary/aromatic N) is 1. The summed E-state index contributed by atoms with van der Waals surface area (Å²) in [6.45, 7) is 0.532. The predicted octanol–water partition coefficient (Wildman–Crippen LogP) is 0.754. The zero-order chi connectivity index (χ0) is 13.0. The summed E-state index contributed by atoms with van der Waals surface area (Å²) < 4.78 is 5.28. The normalized spacial score (nSPS) is 18.9. The minimum absolute atomic E-state index is 0.0116. The molecule has 18 heavy (non-hydrogen) atoms. The van der Waals surface area contributed by atoms with Crippen LogP contribution < -0.4 is 4.74 Å². The van der Waals surface area contributed by atoms with Gasteiger partial charge in [0.2, 0.25) is 0 Å². The van der Waals surface area contributed by atoms with Crippen molar-refractivity contribution < 1.29 is 19.7 Å². The van der Waals surface area contributed by atoms with E-state index in [1.807, 2.05) is 0 Å². The summed E-state index contributed by atoms with van der Waals surface area (Å²) in [5.74, 6) is 0.158. The van der Waals surface area contributed by atoms with Crippen LogP contribution in [0.5, 0.6) is 11.5 Å². The van der Waals surface area contributed by atoms with Crippen LogP contribution in [0.3, 0.4) is 0 Å².